The van der Waals surface area contributed by atoms with Crippen molar-refractivity contribution in [1.29, 1.82) is 0 Å². The molecule has 1 unspecified atom stereocenters. The minimum atomic E-state index is 0.535. The second-order valence-electron chi connectivity index (χ2n) is 8.63. The monoisotopic (exact) mass is 222 g/mol. The molecule has 0 aromatic rings. The number of hydrogen-bond donors (Lipinski definition) is 0. The molecule has 0 radical (unpaired) electrons. The summed E-state index contributed by atoms with van der Waals surface area (Å²) in [6, 6.07) is 0. The average Bonchev–Trinajstić information content (AvgIpc) is 2.78. The maximum atomic E-state index is 2.43. The molecule has 0 N–H and O–H groups in total. The largest absolute Gasteiger partial charge is 0.0599 e. The molecule has 16 heavy (non-hydrogen) atoms. The van der Waals surface area contributed by atoms with E-state index in [0.29, 0.717) is 10.8 Å². The molecule has 1 spiro atoms. The van der Waals surface area contributed by atoms with Crippen LogP contribution < -0.4 is 0 Å². The van der Waals surface area contributed by atoms with E-state index in [1.807, 2.05) is 0 Å². The lowest BCUT2D eigenvalue weighted by Gasteiger charge is -2.39. The molecule has 0 heteroatoms. The third-order valence-corrected chi connectivity index (χ3v) is 5.44. The van der Waals surface area contributed by atoms with Crippen molar-refractivity contribution in [3.05, 3.63) is 0 Å². The molecule has 2 aliphatic carbocycles. The van der Waals surface area contributed by atoms with Gasteiger partial charge in [-0.1, -0.05) is 41.5 Å². The average molecular weight is 222 g/mol. The van der Waals surface area contributed by atoms with Gasteiger partial charge in [-0.2, -0.15) is 0 Å². The Labute approximate surface area is 102 Å². The van der Waals surface area contributed by atoms with Gasteiger partial charge in [0.25, 0.3) is 0 Å². The summed E-state index contributed by atoms with van der Waals surface area (Å²) in [5.41, 5.74) is 1.86. The molecule has 0 aliphatic heterocycles. The topological polar surface area (TPSA) is 0 Å². The molecular weight excluding hydrogens is 192 g/mol. The summed E-state index contributed by atoms with van der Waals surface area (Å²) in [5.74, 6) is 1.99. The lowest BCUT2D eigenvalue weighted by molar-refractivity contribution is 0.120. The summed E-state index contributed by atoms with van der Waals surface area (Å²) in [5, 5.41) is 0. The van der Waals surface area contributed by atoms with Crippen molar-refractivity contribution in [3.63, 3.8) is 0 Å². The Kier molecular flexibility index (Phi) is 2.72. The van der Waals surface area contributed by atoms with Gasteiger partial charge in [-0.25, -0.2) is 0 Å². The first-order valence-electron chi connectivity index (χ1n) is 7.15. The van der Waals surface area contributed by atoms with Crippen molar-refractivity contribution in [3.8, 4) is 0 Å². The zero-order valence-corrected chi connectivity index (χ0v) is 12.2. The third kappa shape index (κ3) is 2.17. The van der Waals surface area contributed by atoms with Crippen LogP contribution in [0.1, 0.15) is 73.6 Å². The molecule has 2 aliphatic rings. The van der Waals surface area contributed by atoms with Crippen LogP contribution in [0.5, 0.6) is 0 Å². The van der Waals surface area contributed by atoms with Crippen LogP contribution in [-0.4, -0.2) is 0 Å². The van der Waals surface area contributed by atoms with Crippen LogP contribution in [0.3, 0.4) is 0 Å². The van der Waals surface area contributed by atoms with E-state index in [-0.39, 0.29) is 0 Å². The van der Waals surface area contributed by atoms with Gasteiger partial charge in [0.15, 0.2) is 0 Å². The summed E-state index contributed by atoms with van der Waals surface area (Å²) < 4.78 is 0. The fourth-order valence-corrected chi connectivity index (χ4v) is 4.18. The van der Waals surface area contributed by atoms with E-state index in [4.69, 9.17) is 0 Å². The molecule has 0 saturated heterocycles. The van der Waals surface area contributed by atoms with E-state index < -0.39 is 0 Å². The third-order valence-electron chi connectivity index (χ3n) is 5.44. The number of rotatable bonds is 0. The molecule has 1 atom stereocenters. The molecular formula is C16H30. The molecule has 0 nitrogen and oxygen atoms in total. The predicted molar refractivity (Wildman–Crippen MR) is 71.4 cm³/mol. The van der Waals surface area contributed by atoms with E-state index in [1.54, 1.807) is 0 Å². The van der Waals surface area contributed by atoms with E-state index >= 15 is 0 Å². The molecule has 0 bridgehead atoms. The van der Waals surface area contributed by atoms with Crippen molar-refractivity contribution in [2.45, 2.75) is 73.6 Å². The summed E-state index contributed by atoms with van der Waals surface area (Å²) in [4.78, 5) is 0. The molecule has 0 aromatic heterocycles. The Bertz CT molecular complexity index is 253. The van der Waals surface area contributed by atoms with Crippen molar-refractivity contribution in [2.24, 2.45) is 28.1 Å². The van der Waals surface area contributed by atoms with E-state index in [1.165, 1.54) is 32.1 Å². The molecule has 2 fully saturated rings. The Balaban J connectivity index is 1.93. The smallest absolute Gasteiger partial charge is 0.0261 e. The normalized spacial score (nSPS) is 40.1. The van der Waals surface area contributed by atoms with Crippen LogP contribution in [0.4, 0.5) is 0 Å². The Hall–Kier alpha value is 0. The zero-order chi connectivity index (χ0) is 12.2. The fourth-order valence-electron chi connectivity index (χ4n) is 4.18. The van der Waals surface area contributed by atoms with Crippen molar-refractivity contribution in [2.75, 3.05) is 0 Å². The Morgan fingerprint density at radius 3 is 1.62 bits per heavy atom. The van der Waals surface area contributed by atoms with Gasteiger partial charge in [0.1, 0.15) is 0 Å². The van der Waals surface area contributed by atoms with Gasteiger partial charge in [-0.3, -0.25) is 0 Å². The van der Waals surface area contributed by atoms with Gasteiger partial charge in [-0.15, -0.1) is 0 Å². The molecule has 94 valence electrons. The van der Waals surface area contributed by atoms with Gasteiger partial charge in [-0.05, 0) is 60.2 Å². The SMILES string of the molecule is CC(C)(C)C1CCC2(CC1)CC2C(C)(C)C. The second kappa shape index (κ2) is 3.50. The van der Waals surface area contributed by atoms with Crippen LogP contribution >= 0.6 is 0 Å². The van der Waals surface area contributed by atoms with E-state index in [9.17, 15) is 0 Å². The van der Waals surface area contributed by atoms with E-state index in [2.05, 4.69) is 41.5 Å². The van der Waals surface area contributed by atoms with E-state index in [0.717, 1.165) is 17.3 Å². The lowest BCUT2D eigenvalue weighted by Crippen LogP contribution is -2.28. The van der Waals surface area contributed by atoms with Gasteiger partial charge in [0, 0.05) is 0 Å². The van der Waals surface area contributed by atoms with Crippen LogP contribution in [0.25, 0.3) is 0 Å². The predicted octanol–water partition coefficient (Wildman–Crippen LogP) is 5.28. The van der Waals surface area contributed by atoms with Crippen molar-refractivity contribution < 1.29 is 0 Å². The summed E-state index contributed by atoms with van der Waals surface area (Å²) in [7, 11) is 0. The summed E-state index contributed by atoms with van der Waals surface area (Å²) in [6.45, 7) is 14.6. The Morgan fingerprint density at radius 2 is 1.31 bits per heavy atom. The molecule has 2 rings (SSSR count). The first kappa shape index (κ1) is 12.5. The lowest BCUT2D eigenvalue weighted by atomic mass is 9.67. The van der Waals surface area contributed by atoms with Gasteiger partial charge in [0.05, 0.1) is 0 Å². The van der Waals surface area contributed by atoms with Crippen LogP contribution in [0.2, 0.25) is 0 Å². The maximum absolute atomic E-state index is 2.43. The quantitative estimate of drug-likeness (QED) is 0.523. The van der Waals surface area contributed by atoms with Crippen molar-refractivity contribution >= 4 is 0 Å². The first-order chi connectivity index (χ1) is 7.15. The van der Waals surface area contributed by atoms with Crippen molar-refractivity contribution in [1.82, 2.24) is 0 Å². The summed E-state index contributed by atoms with van der Waals surface area (Å²) in [6.07, 6.45) is 7.51. The standard InChI is InChI=1S/C16H30/c1-14(2,3)12-7-9-16(10-8-12)11-13(16)15(4,5)6/h12-13H,7-11H2,1-6H3. The highest BCUT2D eigenvalue weighted by atomic mass is 14.6. The Morgan fingerprint density at radius 1 is 0.812 bits per heavy atom. The molecule has 2 saturated carbocycles. The minimum absolute atomic E-state index is 0.535. The highest BCUT2D eigenvalue weighted by Crippen LogP contribution is 2.68. The van der Waals surface area contributed by atoms with Gasteiger partial charge in [0.2, 0.25) is 0 Å². The maximum Gasteiger partial charge on any atom is -0.0261 e. The second-order valence-corrected chi connectivity index (χ2v) is 8.63. The molecule has 0 aromatic carbocycles. The number of hydrogen-bond acceptors (Lipinski definition) is 0. The highest BCUT2D eigenvalue weighted by molar-refractivity contribution is 5.08. The minimum Gasteiger partial charge on any atom is -0.0599 e. The zero-order valence-electron chi connectivity index (χ0n) is 12.2. The fraction of sp³-hybridized carbons (Fsp3) is 1.00. The molecule has 0 amide bonds. The summed E-state index contributed by atoms with van der Waals surface area (Å²) >= 11 is 0. The van der Waals surface area contributed by atoms with Crippen LogP contribution in [-0.2, 0) is 0 Å². The first-order valence-corrected chi connectivity index (χ1v) is 7.15. The van der Waals surface area contributed by atoms with Crippen LogP contribution in [0.15, 0.2) is 0 Å². The van der Waals surface area contributed by atoms with Gasteiger partial charge < -0.3 is 0 Å². The van der Waals surface area contributed by atoms with Crippen LogP contribution in [0, 0.1) is 28.1 Å². The van der Waals surface area contributed by atoms with Gasteiger partial charge >= 0.3 is 0 Å². The highest BCUT2D eigenvalue weighted by Gasteiger charge is 2.59. The molecule has 0 heterocycles.